The SMILES string of the molecule is Nc1ccc(CSc2ncns2)c(F)c1. The summed E-state index contributed by atoms with van der Waals surface area (Å²) in [5.41, 5.74) is 6.52. The van der Waals surface area contributed by atoms with Crippen LogP contribution in [0.2, 0.25) is 0 Å². The average molecular weight is 241 g/mol. The number of nitrogens with zero attached hydrogens (tertiary/aromatic N) is 2. The van der Waals surface area contributed by atoms with Crippen molar-refractivity contribution in [3.05, 3.63) is 35.9 Å². The van der Waals surface area contributed by atoms with Crippen LogP contribution in [0.1, 0.15) is 5.56 Å². The highest BCUT2D eigenvalue weighted by atomic mass is 32.2. The van der Waals surface area contributed by atoms with E-state index in [-0.39, 0.29) is 5.82 Å². The number of benzene rings is 1. The molecule has 3 nitrogen and oxygen atoms in total. The standard InChI is InChI=1S/C9H8FN3S2/c10-8-3-7(11)2-1-6(8)4-14-9-12-5-13-15-9/h1-3,5H,4,11H2. The van der Waals surface area contributed by atoms with E-state index in [2.05, 4.69) is 9.36 Å². The number of anilines is 1. The van der Waals surface area contributed by atoms with Gasteiger partial charge in [-0.3, -0.25) is 0 Å². The Balaban J connectivity index is 2.05. The third kappa shape index (κ3) is 2.66. The Morgan fingerprint density at radius 3 is 3.00 bits per heavy atom. The molecule has 78 valence electrons. The van der Waals surface area contributed by atoms with Crippen LogP contribution >= 0.6 is 23.3 Å². The van der Waals surface area contributed by atoms with Gasteiger partial charge in [-0.25, -0.2) is 9.37 Å². The van der Waals surface area contributed by atoms with Gasteiger partial charge in [-0.05, 0) is 29.2 Å². The number of thioether (sulfide) groups is 1. The molecule has 6 heteroatoms. The molecule has 0 bridgehead atoms. The predicted octanol–water partition coefficient (Wildman–Crippen LogP) is 2.55. The Hall–Kier alpha value is -1.14. The number of hydrogen-bond acceptors (Lipinski definition) is 5. The fourth-order valence-corrected chi connectivity index (χ4v) is 2.48. The number of hydrogen-bond donors (Lipinski definition) is 1. The zero-order valence-corrected chi connectivity index (χ0v) is 9.32. The lowest BCUT2D eigenvalue weighted by molar-refractivity contribution is 0.618. The van der Waals surface area contributed by atoms with Gasteiger partial charge in [-0.1, -0.05) is 17.8 Å². The van der Waals surface area contributed by atoms with Crippen molar-refractivity contribution in [3.8, 4) is 0 Å². The van der Waals surface area contributed by atoms with Gasteiger partial charge in [-0.15, -0.1) is 0 Å². The maximum atomic E-state index is 13.4. The number of rotatable bonds is 3. The normalized spacial score (nSPS) is 10.5. The van der Waals surface area contributed by atoms with E-state index in [0.29, 0.717) is 17.0 Å². The van der Waals surface area contributed by atoms with Gasteiger partial charge in [0.15, 0.2) is 4.34 Å². The molecule has 0 saturated carbocycles. The second-order valence-corrected chi connectivity index (χ2v) is 4.85. The summed E-state index contributed by atoms with van der Waals surface area (Å²) in [4.78, 5) is 4.00. The molecule has 0 spiro atoms. The molecule has 0 unspecified atom stereocenters. The summed E-state index contributed by atoms with van der Waals surface area (Å²) in [5.74, 6) is 0.272. The van der Waals surface area contributed by atoms with E-state index in [1.54, 1.807) is 12.1 Å². The fraction of sp³-hybridized carbons (Fsp3) is 0.111. The largest absolute Gasteiger partial charge is 0.399 e. The van der Waals surface area contributed by atoms with Crippen molar-refractivity contribution in [2.24, 2.45) is 0 Å². The second-order valence-electron chi connectivity index (χ2n) is 2.85. The fourth-order valence-electron chi connectivity index (χ4n) is 1.05. The Morgan fingerprint density at radius 1 is 1.47 bits per heavy atom. The van der Waals surface area contributed by atoms with Crippen molar-refractivity contribution in [3.63, 3.8) is 0 Å². The van der Waals surface area contributed by atoms with Crippen LogP contribution in [0, 0.1) is 5.82 Å². The molecule has 15 heavy (non-hydrogen) atoms. The van der Waals surface area contributed by atoms with Crippen LogP contribution in [0.15, 0.2) is 28.9 Å². The smallest absolute Gasteiger partial charge is 0.170 e. The maximum Gasteiger partial charge on any atom is 0.170 e. The summed E-state index contributed by atoms with van der Waals surface area (Å²) in [7, 11) is 0. The number of aromatic nitrogens is 2. The average Bonchev–Trinajstić information content (AvgIpc) is 2.69. The highest BCUT2D eigenvalue weighted by Crippen LogP contribution is 2.25. The van der Waals surface area contributed by atoms with E-state index in [1.165, 1.54) is 35.7 Å². The lowest BCUT2D eigenvalue weighted by Gasteiger charge is -2.01. The van der Waals surface area contributed by atoms with Crippen molar-refractivity contribution < 1.29 is 4.39 Å². The molecule has 0 radical (unpaired) electrons. The van der Waals surface area contributed by atoms with Crippen LogP contribution < -0.4 is 5.73 Å². The van der Waals surface area contributed by atoms with E-state index in [4.69, 9.17) is 5.73 Å². The summed E-state index contributed by atoms with van der Waals surface area (Å²) >= 11 is 2.77. The molecule has 1 aromatic heterocycles. The molecule has 0 fully saturated rings. The third-order valence-corrected chi connectivity index (χ3v) is 3.62. The molecule has 0 aliphatic rings. The first-order valence-corrected chi connectivity index (χ1v) is 5.95. The summed E-state index contributed by atoms with van der Waals surface area (Å²) in [6.45, 7) is 0. The maximum absolute atomic E-state index is 13.4. The van der Waals surface area contributed by atoms with Crippen molar-refractivity contribution in [2.75, 3.05) is 5.73 Å². The van der Waals surface area contributed by atoms with Gasteiger partial charge >= 0.3 is 0 Å². The Labute approximate surface area is 94.7 Å². The van der Waals surface area contributed by atoms with Crippen LogP contribution in [0.25, 0.3) is 0 Å². The quantitative estimate of drug-likeness (QED) is 0.662. The van der Waals surface area contributed by atoms with Gasteiger partial charge in [0.1, 0.15) is 12.1 Å². The van der Waals surface area contributed by atoms with Gasteiger partial charge in [0.25, 0.3) is 0 Å². The minimum absolute atomic E-state index is 0.271. The van der Waals surface area contributed by atoms with E-state index in [9.17, 15) is 4.39 Å². The molecule has 0 atom stereocenters. The minimum atomic E-state index is -0.271. The number of nitrogen functional groups attached to an aromatic ring is 1. The first-order valence-electron chi connectivity index (χ1n) is 4.19. The van der Waals surface area contributed by atoms with E-state index in [0.717, 1.165) is 4.34 Å². The molecule has 0 saturated heterocycles. The molecular weight excluding hydrogens is 233 g/mol. The molecule has 0 aliphatic carbocycles. The highest BCUT2D eigenvalue weighted by molar-refractivity contribution is 8.00. The van der Waals surface area contributed by atoms with Gasteiger partial charge < -0.3 is 5.73 Å². The van der Waals surface area contributed by atoms with Crippen LogP contribution in [-0.2, 0) is 5.75 Å². The van der Waals surface area contributed by atoms with Crippen molar-refractivity contribution >= 4 is 29.0 Å². The summed E-state index contributed by atoms with van der Waals surface area (Å²) in [6.07, 6.45) is 1.49. The van der Waals surface area contributed by atoms with Gasteiger partial charge in [0, 0.05) is 11.4 Å². The molecule has 2 rings (SSSR count). The zero-order valence-electron chi connectivity index (χ0n) is 7.68. The Bertz CT molecular complexity index is 445. The van der Waals surface area contributed by atoms with Crippen LogP contribution in [0.4, 0.5) is 10.1 Å². The number of halogens is 1. The van der Waals surface area contributed by atoms with E-state index in [1.807, 2.05) is 0 Å². The molecule has 1 aromatic carbocycles. The number of nitrogens with two attached hydrogens (primary N) is 1. The topological polar surface area (TPSA) is 51.8 Å². The van der Waals surface area contributed by atoms with E-state index < -0.39 is 0 Å². The zero-order chi connectivity index (χ0) is 10.7. The van der Waals surface area contributed by atoms with Gasteiger partial charge in [0.2, 0.25) is 0 Å². The highest BCUT2D eigenvalue weighted by Gasteiger charge is 2.04. The Morgan fingerprint density at radius 2 is 2.33 bits per heavy atom. The molecule has 1 heterocycles. The first-order chi connectivity index (χ1) is 7.25. The summed E-state index contributed by atoms with van der Waals surface area (Å²) < 4.78 is 18.1. The van der Waals surface area contributed by atoms with E-state index >= 15 is 0 Å². The molecule has 0 amide bonds. The van der Waals surface area contributed by atoms with Crippen LogP contribution in [-0.4, -0.2) is 9.36 Å². The van der Waals surface area contributed by atoms with Crippen LogP contribution in [0.5, 0.6) is 0 Å². The molecule has 0 aliphatic heterocycles. The monoisotopic (exact) mass is 241 g/mol. The van der Waals surface area contributed by atoms with Gasteiger partial charge in [-0.2, -0.15) is 4.37 Å². The molecule has 2 aromatic rings. The van der Waals surface area contributed by atoms with Crippen molar-refractivity contribution in [1.29, 1.82) is 0 Å². The van der Waals surface area contributed by atoms with Gasteiger partial charge in [0.05, 0.1) is 0 Å². The third-order valence-electron chi connectivity index (χ3n) is 1.77. The van der Waals surface area contributed by atoms with Crippen LogP contribution in [0.3, 0.4) is 0 Å². The van der Waals surface area contributed by atoms with Crippen molar-refractivity contribution in [1.82, 2.24) is 9.36 Å². The summed E-state index contributed by atoms with van der Waals surface area (Å²) in [6, 6.07) is 4.72. The summed E-state index contributed by atoms with van der Waals surface area (Å²) in [5, 5.41) is 0. The lowest BCUT2D eigenvalue weighted by atomic mass is 10.2. The minimum Gasteiger partial charge on any atom is -0.399 e. The first kappa shape index (κ1) is 10.4. The molecular formula is C9H8FN3S2. The molecule has 2 N–H and O–H groups in total. The van der Waals surface area contributed by atoms with Crippen molar-refractivity contribution in [2.45, 2.75) is 10.1 Å². The predicted molar refractivity (Wildman–Crippen MR) is 60.3 cm³/mol. The second kappa shape index (κ2) is 4.59. The Kier molecular flexibility index (Phi) is 3.17. The lowest BCUT2D eigenvalue weighted by Crippen LogP contribution is -1.91.